The monoisotopic (exact) mass is 217 g/mol. The van der Waals surface area contributed by atoms with E-state index in [1.807, 2.05) is 0 Å². The molecule has 4 N–H and O–H groups in total. The minimum atomic E-state index is 0.687. The SMILES string of the molecule is CC(C)CCOCCN(CCN)CCN. The highest BCUT2D eigenvalue weighted by Gasteiger charge is 2.02. The van der Waals surface area contributed by atoms with E-state index in [0.29, 0.717) is 19.0 Å². The molecular formula is C11H27N3O. The van der Waals surface area contributed by atoms with Crippen LogP contribution in [-0.4, -0.2) is 50.8 Å². The predicted molar refractivity (Wildman–Crippen MR) is 64.8 cm³/mol. The summed E-state index contributed by atoms with van der Waals surface area (Å²) in [7, 11) is 0. The molecule has 0 bridgehead atoms. The molecule has 0 aliphatic rings. The molecule has 0 aromatic heterocycles. The molecule has 0 saturated carbocycles. The van der Waals surface area contributed by atoms with Crippen LogP contribution in [0.1, 0.15) is 20.3 Å². The largest absolute Gasteiger partial charge is 0.380 e. The topological polar surface area (TPSA) is 64.5 Å². The Morgan fingerprint density at radius 2 is 1.60 bits per heavy atom. The number of nitrogens with two attached hydrogens (primary N) is 2. The lowest BCUT2D eigenvalue weighted by Crippen LogP contribution is -2.36. The van der Waals surface area contributed by atoms with Crippen LogP contribution in [0, 0.1) is 5.92 Å². The van der Waals surface area contributed by atoms with E-state index in [9.17, 15) is 0 Å². The summed E-state index contributed by atoms with van der Waals surface area (Å²) in [5.74, 6) is 0.717. The molecule has 0 unspecified atom stereocenters. The Kier molecular flexibility index (Phi) is 10.3. The van der Waals surface area contributed by atoms with Crippen LogP contribution in [0.4, 0.5) is 0 Å². The molecular weight excluding hydrogens is 190 g/mol. The fourth-order valence-corrected chi connectivity index (χ4v) is 1.32. The standard InChI is InChI=1S/C11H27N3O/c1-11(2)3-9-15-10-8-14(6-4-12)7-5-13/h11H,3-10,12-13H2,1-2H3. The molecule has 0 atom stereocenters. The molecule has 0 aromatic carbocycles. The number of rotatable bonds is 10. The lowest BCUT2D eigenvalue weighted by Gasteiger charge is -2.20. The van der Waals surface area contributed by atoms with Gasteiger partial charge in [0.1, 0.15) is 0 Å². The molecule has 0 rings (SSSR count). The van der Waals surface area contributed by atoms with Gasteiger partial charge in [0, 0.05) is 39.3 Å². The predicted octanol–water partition coefficient (Wildman–Crippen LogP) is 0.269. The lowest BCUT2D eigenvalue weighted by molar-refractivity contribution is 0.0977. The third-order valence-electron chi connectivity index (χ3n) is 2.28. The quantitative estimate of drug-likeness (QED) is 0.516. The van der Waals surface area contributed by atoms with Gasteiger partial charge in [0.05, 0.1) is 6.61 Å². The van der Waals surface area contributed by atoms with Crippen molar-refractivity contribution in [1.82, 2.24) is 4.90 Å². The number of ether oxygens (including phenoxy) is 1. The number of hydrogen-bond acceptors (Lipinski definition) is 4. The Balaban J connectivity index is 3.36. The van der Waals surface area contributed by atoms with Gasteiger partial charge in [-0.1, -0.05) is 13.8 Å². The first kappa shape index (κ1) is 14.8. The van der Waals surface area contributed by atoms with Crippen LogP contribution in [0.25, 0.3) is 0 Å². The summed E-state index contributed by atoms with van der Waals surface area (Å²) in [4.78, 5) is 2.25. The summed E-state index contributed by atoms with van der Waals surface area (Å²) in [6.45, 7) is 10.2. The number of hydrogen-bond donors (Lipinski definition) is 2. The summed E-state index contributed by atoms with van der Waals surface area (Å²) in [5, 5.41) is 0. The highest BCUT2D eigenvalue weighted by molar-refractivity contribution is 4.58. The molecule has 15 heavy (non-hydrogen) atoms. The fraction of sp³-hybridized carbons (Fsp3) is 1.00. The van der Waals surface area contributed by atoms with Crippen molar-refractivity contribution >= 4 is 0 Å². The molecule has 0 spiro atoms. The minimum Gasteiger partial charge on any atom is -0.380 e. The fourth-order valence-electron chi connectivity index (χ4n) is 1.32. The molecule has 92 valence electrons. The van der Waals surface area contributed by atoms with Gasteiger partial charge in [-0.15, -0.1) is 0 Å². The first-order chi connectivity index (χ1) is 7.20. The molecule has 4 nitrogen and oxygen atoms in total. The molecule has 0 aromatic rings. The first-order valence-electron chi connectivity index (χ1n) is 5.91. The van der Waals surface area contributed by atoms with Crippen molar-refractivity contribution in [3.8, 4) is 0 Å². The third kappa shape index (κ3) is 10.1. The van der Waals surface area contributed by atoms with Gasteiger partial charge in [-0.05, 0) is 12.3 Å². The Hall–Kier alpha value is -0.160. The van der Waals surface area contributed by atoms with Gasteiger partial charge in [0.25, 0.3) is 0 Å². The van der Waals surface area contributed by atoms with Crippen LogP contribution in [0.3, 0.4) is 0 Å². The van der Waals surface area contributed by atoms with E-state index >= 15 is 0 Å². The maximum atomic E-state index is 5.54. The highest BCUT2D eigenvalue weighted by atomic mass is 16.5. The molecule has 0 radical (unpaired) electrons. The van der Waals surface area contributed by atoms with E-state index in [0.717, 1.165) is 39.3 Å². The maximum Gasteiger partial charge on any atom is 0.0593 e. The van der Waals surface area contributed by atoms with Crippen molar-refractivity contribution in [2.45, 2.75) is 20.3 Å². The molecule has 0 fully saturated rings. The molecule has 4 heteroatoms. The average molecular weight is 217 g/mol. The lowest BCUT2D eigenvalue weighted by atomic mass is 10.1. The summed E-state index contributed by atoms with van der Waals surface area (Å²) >= 11 is 0. The third-order valence-corrected chi connectivity index (χ3v) is 2.28. The van der Waals surface area contributed by atoms with Crippen molar-refractivity contribution in [2.24, 2.45) is 17.4 Å². The Morgan fingerprint density at radius 1 is 1.00 bits per heavy atom. The second kappa shape index (κ2) is 10.4. The van der Waals surface area contributed by atoms with Crippen molar-refractivity contribution in [1.29, 1.82) is 0 Å². The van der Waals surface area contributed by atoms with Crippen LogP contribution in [0.15, 0.2) is 0 Å². The van der Waals surface area contributed by atoms with Gasteiger partial charge in [-0.2, -0.15) is 0 Å². The zero-order chi connectivity index (χ0) is 11.5. The van der Waals surface area contributed by atoms with Crippen LogP contribution >= 0.6 is 0 Å². The maximum absolute atomic E-state index is 5.54. The van der Waals surface area contributed by atoms with Gasteiger partial charge in [0.15, 0.2) is 0 Å². The summed E-state index contributed by atoms with van der Waals surface area (Å²) in [6, 6.07) is 0. The Bertz CT molecular complexity index is 125. The molecule has 0 aliphatic carbocycles. The van der Waals surface area contributed by atoms with Crippen LogP contribution in [0.2, 0.25) is 0 Å². The smallest absolute Gasteiger partial charge is 0.0593 e. The zero-order valence-corrected chi connectivity index (χ0v) is 10.2. The normalized spacial score (nSPS) is 11.6. The second-order valence-electron chi connectivity index (χ2n) is 4.21. The Morgan fingerprint density at radius 3 is 2.07 bits per heavy atom. The molecule has 0 heterocycles. The second-order valence-corrected chi connectivity index (χ2v) is 4.21. The minimum absolute atomic E-state index is 0.687. The summed E-state index contributed by atoms with van der Waals surface area (Å²) in [6.07, 6.45) is 1.13. The van der Waals surface area contributed by atoms with Gasteiger partial charge in [-0.3, -0.25) is 4.90 Å². The van der Waals surface area contributed by atoms with Gasteiger partial charge >= 0.3 is 0 Å². The van der Waals surface area contributed by atoms with E-state index in [4.69, 9.17) is 16.2 Å². The van der Waals surface area contributed by atoms with E-state index in [2.05, 4.69) is 18.7 Å². The first-order valence-corrected chi connectivity index (χ1v) is 5.91. The van der Waals surface area contributed by atoms with Crippen molar-refractivity contribution in [3.63, 3.8) is 0 Å². The highest BCUT2D eigenvalue weighted by Crippen LogP contribution is 1.98. The van der Waals surface area contributed by atoms with E-state index in [1.165, 1.54) is 0 Å². The summed E-state index contributed by atoms with van der Waals surface area (Å²) < 4.78 is 5.54. The van der Waals surface area contributed by atoms with Crippen molar-refractivity contribution < 1.29 is 4.74 Å². The van der Waals surface area contributed by atoms with Gasteiger partial charge < -0.3 is 16.2 Å². The van der Waals surface area contributed by atoms with Crippen molar-refractivity contribution in [3.05, 3.63) is 0 Å². The van der Waals surface area contributed by atoms with Crippen molar-refractivity contribution in [2.75, 3.05) is 45.9 Å². The zero-order valence-electron chi connectivity index (χ0n) is 10.2. The van der Waals surface area contributed by atoms with Gasteiger partial charge in [0.2, 0.25) is 0 Å². The van der Waals surface area contributed by atoms with Gasteiger partial charge in [-0.25, -0.2) is 0 Å². The summed E-state index contributed by atoms with van der Waals surface area (Å²) in [5.41, 5.74) is 11.0. The average Bonchev–Trinajstić information content (AvgIpc) is 2.17. The Labute approximate surface area is 93.9 Å². The molecule has 0 amide bonds. The number of nitrogens with zero attached hydrogens (tertiary/aromatic N) is 1. The molecule has 0 aliphatic heterocycles. The van der Waals surface area contributed by atoms with E-state index in [-0.39, 0.29) is 0 Å². The van der Waals surface area contributed by atoms with E-state index in [1.54, 1.807) is 0 Å². The van der Waals surface area contributed by atoms with E-state index < -0.39 is 0 Å². The van der Waals surface area contributed by atoms with Crippen LogP contribution in [-0.2, 0) is 4.74 Å². The molecule has 0 saturated heterocycles. The van der Waals surface area contributed by atoms with Crippen LogP contribution in [0.5, 0.6) is 0 Å². The van der Waals surface area contributed by atoms with Crippen LogP contribution < -0.4 is 11.5 Å².